The third-order valence-electron chi connectivity index (χ3n) is 1.17. The van der Waals surface area contributed by atoms with Crippen LogP contribution in [0.5, 0.6) is 0 Å². The molecule has 0 radical (unpaired) electrons. The van der Waals surface area contributed by atoms with Gasteiger partial charge in [0.25, 0.3) is 0 Å². The van der Waals surface area contributed by atoms with Crippen LogP contribution in [0.2, 0.25) is 0 Å². The van der Waals surface area contributed by atoms with Crippen LogP contribution in [0.1, 0.15) is 21.2 Å². The van der Waals surface area contributed by atoms with Crippen molar-refractivity contribution in [3.63, 3.8) is 0 Å². The van der Waals surface area contributed by atoms with Gasteiger partial charge in [-0.25, -0.2) is 0 Å². The molecule has 0 aliphatic heterocycles. The summed E-state index contributed by atoms with van der Waals surface area (Å²) in [5.41, 5.74) is 0. The van der Waals surface area contributed by atoms with Gasteiger partial charge in [-0.3, -0.25) is 9.59 Å². The molecule has 5 heteroatoms. The second kappa shape index (κ2) is 6.64. The van der Waals surface area contributed by atoms with Gasteiger partial charge in [-0.15, -0.1) is 0 Å². The van der Waals surface area contributed by atoms with Crippen molar-refractivity contribution in [3.8, 4) is 0 Å². The Morgan fingerprint density at radius 2 is 1.73 bits per heavy atom. The molecule has 0 saturated carbocycles. The van der Waals surface area contributed by atoms with Gasteiger partial charge in [-0.1, -0.05) is 13.3 Å². The zero-order chi connectivity index (χ0) is 8.15. The largest absolute Gasteiger partial charge is 1.00 e. The first-order chi connectivity index (χ1) is 4.59. The summed E-state index contributed by atoms with van der Waals surface area (Å²) in [7, 11) is 0. The van der Waals surface area contributed by atoms with Gasteiger partial charge in [0.2, 0.25) is 0 Å². The molecule has 2 N–H and O–H groups in total. The van der Waals surface area contributed by atoms with E-state index in [4.69, 9.17) is 10.2 Å². The summed E-state index contributed by atoms with van der Waals surface area (Å²) in [6.45, 7) is 1.75. The average molecular weight is 170 g/mol. The van der Waals surface area contributed by atoms with E-state index in [9.17, 15) is 9.59 Å². The number of hydrogen-bond acceptors (Lipinski definition) is 2. The van der Waals surface area contributed by atoms with E-state index in [-0.39, 0.29) is 37.4 Å². The fourth-order valence-corrected chi connectivity index (χ4v) is 0.641. The Morgan fingerprint density at radius 3 is 1.82 bits per heavy atom. The van der Waals surface area contributed by atoms with Crippen LogP contribution in [0.4, 0.5) is 0 Å². The van der Waals surface area contributed by atoms with E-state index in [1.54, 1.807) is 6.92 Å². The molecule has 0 saturated heterocycles. The van der Waals surface area contributed by atoms with Gasteiger partial charge < -0.3 is 11.6 Å². The van der Waals surface area contributed by atoms with Gasteiger partial charge in [0.1, 0.15) is 0 Å². The van der Waals surface area contributed by atoms with E-state index in [2.05, 4.69) is 0 Å². The molecule has 0 aromatic rings. The molecule has 0 heterocycles. The zero-order valence-corrected chi connectivity index (χ0v) is 8.70. The second-order valence-electron chi connectivity index (χ2n) is 2.02. The molecule has 4 nitrogen and oxygen atoms in total. The maximum atomic E-state index is 10.2. The number of carbonyl (C=O) groups is 2. The number of rotatable bonds is 4. The van der Waals surface area contributed by atoms with Gasteiger partial charge in [-0.05, 0) is 6.42 Å². The summed E-state index contributed by atoms with van der Waals surface area (Å²) in [6.07, 6.45) is 0.772. The van der Waals surface area contributed by atoms with Gasteiger partial charge in [-0.2, -0.15) is 0 Å². The van der Waals surface area contributed by atoms with Gasteiger partial charge in [0.15, 0.2) is 5.92 Å². The minimum Gasteiger partial charge on any atom is -1.00 e. The summed E-state index contributed by atoms with van der Waals surface area (Å²) < 4.78 is 0. The molecule has 0 unspecified atom stereocenters. The van der Waals surface area contributed by atoms with Crippen molar-refractivity contribution in [2.24, 2.45) is 5.92 Å². The molecular formula is C6H11NaO4. The number of carboxylic acid groups (broad SMARTS) is 2. The van der Waals surface area contributed by atoms with Gasteiger partial charge in [0, 0.05) is 0 Å². The third-order valence-corrected chi connectivity index (χ3v) is 1.17. The topological polar surface area (TPSA) is 74.6 Å². The summed E-state index contributed by atoms with van der Waals surface area (Å²) in [6, 6.07) is 0. The zero-order valence-electron chi connectivity index (χ0n) is 7.70. The van der Waals surface area contributed by atoms with Crippen molar-refractivity contribution >= 4 is 11.9 Å². The average Bonchev–Trinajstić information content (AvgIpc) is 1.81. The number of aliphatic carboxylic acids is 2. The Morgan fingerprint density at radius 1 is 1.36 bits per heavy atom. The Hall–Kier alpha value is -0.0600. The van der Waals surface area contributed by atoms with Crippen molar-refractivity contribution in [2.75, 3.05) is 0 Å². The van der Waals surface area contributed by atoms with Crippen LogP contribution in [-0.2, 0) is 9.59 Å². The summed E-state index contributed by atoms with van der Waals surface area (Å²) in [5.74, 6) is -3.74. The van der Waals surface area contributed by atoms with Crippen molar-refractivity contribution in [1.82, 2.24) is 0 Å². The van der Waals surface area contributed by atoms with Gasteiger partial charge >= 0.3 is 41.5 Å². The fraction of sp³-hybridized carbons (Fsp3) is 0.667. The van der Waals surface area contributed by atoms with Crippen LogP contribution in [-0.4, -0.2) is 22.2 Å². The third kappa shape index (κ3) is 5.24. The van der Waals surface area contributed by atoms with E-state index in [0.29, 0.717) is 6.42 Å². The van der Waals surface area contributed by atoms with Crippen molar-refractivity contribution in [2.45, 2.75) is 19.8 Å². The van der Waals surface area contributed by atoms with Gasteiger partial charge in [0.05, 0.1) is 0 Å². The number of carboxylic acids is 2. The van der Waals surface area contributed by atoms with Crippen LogP contribution in [0, 0.1) is 5.92 Å². The monoisotopic (exact) mass is 170 g/mol. The minimum absolute atomic E-state index is 0. The molecule has 0 aromatic heterocycles. The molecule has 60 valence electrons. The summed E-state index contributed by atoms with van der Waals surface area (Å²) >= 11 is 0. The van der Waals surface area contributed by atoms with Crippen LogP contribution < -0.4 is 29.6 Å². The first kappa shape index (κ1) is 13.5. The molecule has 0 bridgehead atoms. The van der Waals surface area contributed by atoms with Crippen molar-refractivity contribution < 1.29 is 50.8 Å². The van der Waals surface area contributed by atoms with Crippen molar-refractivity contribution in [3.05, 3.63) is 0 Å². The molecule has 0 spiro atoms. The normalized spacial score (nSPS) is 8.91. The molecule has 0 fully saturated rings. The van der Waals surface area contributed by atoms with E-state index in [1.807, 2.05) is 0 Å². The molecule has 0 amide bonds. The Kier molecular flexibility index (Phi) is 8.16. The Balaban J connectivity index is -0.000000405. The van der Waals surface area contributed by atoms with E-state index in [0.717, 1.165) is 0 Å². The van der Waals surface area contributed by atoms with E-state index >= 15 is 0 Å². The minimum atomic E-state index is -1.26. The van der Waals surface area contributed by atoms with E-state index in [1.165, 1.54) is 0 Å². The first-order valence-electron chi connectivity index (χ1n) is 3.05. The summed E-state index contributed by atoms with van der Waals surface area (Å²) in [5, 5.41) is 16.6. The molecule has 0 aliphatic rings. The predicted molar refractivity (Wildman–Crippen MR) is 34.8 cm³/mol. The second-order valence-corrected chi connectivity index (χ2v) is 2.02. The van der Waals surface area contributed by atoms with E-state index < -0.39 is 17.9 Å². The quantitative estimate of drug-likeness (QED) is 0.367. The molecular weight excluding hydrogens is 159 g/mol. The molecule has 0 aromatic carbocycles. The van der Waals surface area contributed by atoms with Crippen LogP contribution >= 0.6 is 0 Å². The molecule has 0 aliphatic carbocycles. The SMILES string of the molecule is CCCC(C(=O)O)C(=O)O.[H-].[Na+]. The smallest absolute Gasteiger partial charge is 1.00 e. The van der Waals surface area contributed by atoms with Crippen LogP contribution in [0.25, 0.3) is 0 Å². The first-order valence-corrected chi connectivity index (χ1v) is 3.05. The maximum absolute atomic E-state index is 10.2. The molecule has 0 atom stereocenters. The molecule has 11 heavy (non-hydrogen) atoms. The predicted octanol–water partition coefficient (Wildman–Crippen LogP) is -2.31. The molecule has 0 rings (SSSR count). The standard InChI is InChI=1S/C6H10O4.Na.H/c1-2-3-4(5(7)8)6(9)10;;/h4H,2-3H2,1H3,(H,7,8)(H,9,10);;/q;+1;-1. The van der Waals surface area contributed by atoms with Crippen LogP contribution in [0.15, 0.2) is 0 Å². The summed E-state index contributed by atoms with van der Waals surface area (Å²) in [4.78, 5) is 20.3. The number of hydrogen-bond donors (Lipinski definition) is 2. The van der Waals surface area contributed by atoms with Crippen molar-refractivity contribution in [1.29, 1.82) is 0 Å². The Bertz CT molecular complexity index is 136. The Labute approximate surface area is 88.4 Å². The van der Waals surface area contributed by atoms with Crippen LogP contribution in [0.3, 0.4) is 0 Å². The fourth-order valence-electron chi connectivity index (χ4n) is 0.641. The maximum Gasteiger partial charge on any atom is 1.00 e.